The topological polar surface area (TPSA) is 86.8 Å². The van der Waals surface area contributed by atoms with E-state index in [0.29, 0.717) is 30.8 Å². The normalized spacial score (nSPS) is 16.4. The quantitative estimate of drug-likeness (QED) is 0.839. The van der Waals surface area contributed by atoms with Gasteiger partial charge in [-0.05, 0) is 58.4 Å². The van der Waals surface area contributed by atoms with Gasteiger partial charge in [-0.2, -0.15) is 0 Å². The molecule has 1 aliphatic rings. The second-order valence-electron chi connectivity index (χ2n) is 7.41. The van der Waals surface area contributed by atoms with Crippen molar-refractivity contribution in [3.63, 3.8) is 0 Å². The number of carbonyl (C=O) groups excluding carboxylic acids is 2. The predicted octanol–water partition coefficient (Wildman–Crippen LogP) is 1.60. The third-order valence-electron chi connectivity index (χ3n) is 4.02. The zero-order valence-electron chi connectivity index (χ0n) is 15.8. The molecule has 0 aromatic heterocycles. The van der Waals surface area contributed by atoms with Crippen LogP contribution in [-0.2, 0) is 14.8 Å². The average molecular weight is 381 g/mol. The lowest BCUT2D eigenvalue weighted by Gasteiger charge is -2.25. The van der Waals surface area contributed by atoms with Crippen LogP contribution in [0.4, 0.5) is 5.69 Å². The molecule has 0 spiro atoms. The molecule has 7 nitrogen and oxygen atoms in total. The van der Waals surface area contributed by atoms with E-state index in [4.69, 9.17) is 0 Å². The Labute approximate surface area is 155 Å². The number of hydrogen-bond acceptors (Lipinski definition) is 4. The Morgan fingerprint density at radius 1 is 1.19 bits per heavy atom. The van der Waals surface area contributed by atoms with Crippen molar-refractivity contribution < 1.29 is 18.0 Å². The Kier molecular flexibility index (Phi) is 5.95. The van der Waals surface area contributed by atoms with E-state index in [1.54, 1.807) is 24.3 Å². The smallest absolute Gasteiger partial charge is 0.254 e. The van der Waals surface area contributed by atoms with E-state index in [2.05, 4.69) is 5.32 Å². The van der Waals surface area contributed by atoms with Crippen molar-refractivity contribution in [2.75, 3.05) is 29.7 Å². The Morgan fingerprint density at radius 2 is 1.81 bits per heavy atom. The van der Waals surface area contributed by atoms with E-state index in [0.717, 1.165) is 0 Å². The van der Waals surface area contributed by atoms with Gasteiger partial charge in [-0.3, -0.25) is 13.9 Å². The summed E-state index contributed by atoms with van der Waals surface area (Å²) in [4.78, 5) is 26.2. The van der Waals surface area contributed by atoms with Crippen molar-refractivity contribution in [3.8, 4) is 0 Å². The minimum Gasteiger partial charge on any atom is -0.350 e. The van der Waals surface area contributed by atoms with E-state index in [1.807, 2.05) is 27.7 Å². The standard InChI is InChI=1S/C18H27N3O4S/c1-5-20(13-16(22)19-18(2,3)4)17(23)14-7-9-15(10-8-14)21-11-6-12-26(21,24)25/h7-10H,5-6,11-13H2,1-4H3,(H,19,22). The highest BCUT2D eigenvalue weighted by atomic mass is 32.2. The first kappa shape index (κ1) is 20.2. The molecule has 0 aliphatic carbocycles. The molecule has 1 aliphatic heterocycles. The number of nitrogens with one attached hydrogen (secondary N) is 1. The molecule has 0 bridgehead atoms. The summed E-state index contributed by atoms with van der Waals surface area (Å²) in [5.74, 6) is -0.319. The summed E-state index contributed by atoms with van der Waals surface area (Å²) in [7, 11) is -3.24. The lowest BCUT2D eigenvalue weighted by molar-refractivity contribution is -0.123. The van der Waals surface area contributed by atoms with Crippen LogP contribution in [0.2, 0.25) is 0 Å². The molecule has 0 radical (unpaired) electrons. The summed E-state index contributed by atoms with van der Waals surface area (Å²) in [5, 5.41) is 2.84. The Balaban J connectivity index is 2.09. The summed E-state index contributed by atoms with van der Waals surface area (Å²) in [6, 6.07) is 6.49. The Hall–Kier alpha value is -2.09. The van der Waals surface area contributed by atoms with Crippen molar-refractivity contribution in [3.05, 3.63) is 29.8 Å². The van der Waals surface area contributed by atoms with Crippen LogP contribution >= 0.6 is 0 Å². The lowest BCUT2D eigenvalue weighted by Crippen LogP contribution is -2.47. The minimum absolute atomic E-state index is 0.0190. The molecule has 0 unspecified atom stereocenters. The van der Waals surface area contributed by atoms with Crippen LogP contribution in [0.3, 0.4) is 0 Å². The van der Waals surface area contributed by atoms with E-state index in [-0.39, 0.29) is 29.7 Å². The number of amides is 2. The number of benzene rings is 1. The van der Waals surface area contributed by atoms with Gasteiger partial charge in [0.2, 0.25) is 15.9 Å². The maximum absolute atomic E-state index is 12.7. The molecule has 2 rings (SSSR count). The number of anilines is 1. The molecule has 1 aromatic rings. The van der Waals surface area contributed by atoms with Gasteiger partial charge in [0.15, 0.2) is 0 Å². The number of rotatable bonds is 5. The zero-order valence-corrected chi connectivity index (χ0v) is 16.6. The van der Waals surface area contributed by atoms with E-state index >= 15 is 0 Å². The zero-order chi connectivity index (χ0) is 19.5. The molecule has 26 heavy (non-hydrogen) atoms. The summed E-state index contributed by atoms with van der Waals surface area (Å²) >= 11 is 0. The fraction of sp³-hybridized carbons (Fsp3) is 0.556. The van der Waals surface area contributed by atoms with Gasteiger partial charge in [0.25, 0.3) is 5.91 Å². The fourth-order valence-electron chi connectivity index (χ4n) is 2.84. The lowest BCUT2D eigenvalue weighted by atomic mass is 10.1. The third-order valence-corrected chi connectivity index (χ3v) is 5.89. The largest absolute Gasteiger partial charge is 0.350 e. The van der Waals surface area contributed by atoms with E-state index < -0.39 is 10.0 Å². The maximum Gasteiger partial charge on any atom is 0.254 e. The predicted molar refractivity (Wildman–Crippen MR) is 102 cm³/mol. The van der Waals surface area contributed by atoms with Crippen LogP contribution in [0, 0.1) is 0 Å². The number of carbonyl (C=O) groups is 2. The van der Waals surface area contributed by atoms with Gasteiger partial charge in [0, 0.05) is 24.2 Å². The molecular weight excluding hydrogens is 354 g/mol. The van der Waals surface area contributed by atoms with Crippen molar-refractivity contribution in [1.82, 2.24) is 10.2 Å². The second-order valence-corrected chi connectivity index (χ2v) is 9.42. The molecule has 144 valence electrons. The van der Waals surface area contributed by atoms with Crippen LogP contribution in [0.1, 0.15) is 44.5 Å². The molecule has 1 N–H and O–H groups in total. The first-order valence-electron chi connectivity index (χ1n) is 8.74. The monoisotopic (exact) mass is 381 g/mol. The average Bonchev–Trinajstić information content (AvgIpc) is 2.89. The van der Waals surface area contributed by atoms with Crippen molar-refractivity contribution in [2.45, 2.75) is 39.7 Å². The first-order chi connectivity index (χ1) is 12.0. The van der Waals surface area contributed by atoms with Gasteiger partial charge in [0.1, 0.15) is 0 Å². The van der Waals surface area contributed by atoms with Gasteiger partial charge >= 0.3 is 0 Å². The Morgan fingerprint density at radius 3 is 2.27 bits per heavy atom. The highest BCUT2D eigenvalue weighted by Gasteiger charge is 2.28. The number of nitrogens with zero attached hydrogens (tertiary/aromatic N) is 2. The number of sulfonamides is 1. The highest BCUT2D eigenvalue weighted by Crippen LogP contribution is 2.24. The van der Waals surface area contributed by atoms with Gasteiger partial charge in [-0.15, -0.1) is 0 Å². The molecule has 1 heterocycles. The molecule has 1 saturated heterocycles. The number of hydrogen-bond donors (Lipinski definition) is 1. The van der Waals surface area contributed by atoms with Crippen molar-refractivity contribution in [2.24, 2.45) is 0 Å². The minimum atomic E-state index is -3.24. The second kappa shape index (κ2) is 7.65. The van der Waals surface area contributed by atoms with Crippen LogP contribution in [-0.4, -0.2) is 56.1 Å². The van der Waals surface area contributed by atoms with Crippen LogP contribution in [0.5, 0.6) is 0 Å². The van der Waals surface area contributed by atoms with Gasteiger partial charge in [-0.25, -0.2) is 8.42 Å². The molecule has 1 fully saturated rings. The summed E-state index contributed by atoms with van der Waals surface area (Å²) in [6.45, 7) is 8.31. The summed E-state index contributed by atoms with van der Waals surface area (Å²) in [6.07, 6.45) is 0.607. The highest BCUT2D eigenvalue weighted by molar-refractivity contribution is 7.93. The molecule has 0 saturated carbocycles. The Bertz CT molecular complexity index is 767. The van der Waals surface area contributed by atoms with Gasteiger partial charge < -0.3 is 10.2 Å². The molecular formula is C18H27N3O4S. The van der Waals surface area contributed by atoms with Gasteiger partial charge in [0.05, 0.1) is 18.0 Å². The van der Waals surface area contributed by atoms with E-state index in [1.165, 1.54) is 9.21 Å². The molecule has 0 atom stereocenters. The summed E-state index contributed by atoms with van der Waals surface area (Å²) < 4.78 is 25.3. The van der Waals surface area contributed by atoms with Crippen LogP contribution < -0.4 is 9.62 Å². The molecule has 1 aromatic carbocycles. The number of likely N-dealkylation sites (N-methyl/N-ethyl adjacent to an activating group) is 1. The maximum atomic E-state index is 12.7. The summed E-state index contributed by atoms with van der Waals surface area (Å²) in [5.41, 5.74) is 0.630. The molecule has 8 heteroatoms. The van der Waals surface area contributed by atoms with Crippen molar-refractivity contribution >= 4 is 27.5 Å². The first-order valence-corrected chi connectivity index (χ1v) is 10.3. The SMILES string of the molecule is CCN(CC(=O)NC(C)(C)C)C(=O)c1ccc(N2CCCS2(=O)=O)cc1. The third kappa shape index (κ3) is 4.97. The molecule has 2 amide bonds. The van der Waals surface area contributed by atoms with Crippen LogP contribution in [0.25, 0.3) is 0 Å². The van der Waals surface area contributed by atoms with Crippen LogP contribution in [0.15, 0.2) is 24.3 Å². The fourth-order valence-corrected chi connectivity index (χ4v) is 4.41. The van der Waals surface area contributed by atoms with E-state index in [9.17, 15) is 18.0 Å². The van der Waals surface area contributed by atoms with Gasteiger partial charge in [-0.1, -0.05) is 0 Å². The van der Waals surface area contributed by atoms with Crippen molar-refractivity contribution in [1.29, 1.82) is 0 Å².